The molecule has 3 rings (SSSR count). The van der Waals surface area contributed by atoms with E-state index >= 15 is 0 Å². The molecule has 25 heavy (non-hydrogen) atoms. The maximum absolute atomic E-state index is 12.5. The average Bonchev–Trinajstić information content (AvgIpc) is 3.16. The number of rotatable bonds is 7. The highest BCUT2D eigenvalue weighted by molar-refractivity contribution is 7.89. The van der Waals surface area contributed by atoms with Gasteiger partial charge in [-0.2, -0.15) is 0 Å². The number of sulfonamides is 1. The monoisotopic (exact) mass is 358 g/mol. The van der Waals surface area contributed by atoms with Gasteiger partial charge >= 0.3 is 0 Å². The Labute approximate surface area is 146 Å². The summed E-state index contributed by atoms with van der Waals surface area (Å²) >= 11 is 0. The van der Waals surface area contributed by atoms with Gasteiger partial charge in [0, 0.05) is 12.7 Å². The van der Waals surface area contributed by atoms with Crippen LogP contribution >= 0.6 is 0 Å². The lowest BCUT2D eigenvalue weighted by Gasteiger charge is -2.11. The second-order valence-electron chi connectivity index (χ2n) is 5.23. The number of ether oxygens (including phenoxy) is 1. The summed E-state index contributed by atoms with van der Waals surface area (Å²) < 4.78 is 38.3. The molecule has 0 aliphatic carbocycles. The summed E-state index contributed by atoms with van der Waals surface area (Å²) in [5, 5.41) is 0. The summed E-state index contributed by atoms with van der Waals surface area (Å²) in [6.45, 7) is 2.34. The first-order valence-electron chi connectivity index (χ1n) is 7.80. The van der Waals surface area contributed by atoms with Crippen molar-refractivity contribution in [3.8, 4) is 17.2 Å². The number of hydrogen-bond acceptors (Lipinski definition) is 5. The second kappa shape index (κ2) is 7.50. The highest BCUT2D eigenvalue weighted by Crippen LogP contribution is 2.23. The van der Waals surface area contributed by atoms with Crippen LogP contribution in [-0.4, -0.2) is 20.0 Å². The number of para-hydroxylation sites is 1. The highest BCUT2D eigenvalue weighted by atomic mass is 32.2. The Kier molecular flexibility index (Phi) is 5.16. The fraction of sp³-hybridized carbons (Fsp3) is 0.167. The summed E-state index contributed by atoms with van der Waals surface area (Å²) in [6, 6.07) is 13.8. The lowest BCUT2D eigenvalue weighted by molar-refractivity contribution is 0.331. The van der Waals surface area contributed by atoms with Gasteiger partial charge in [-0.3, -0.25) is 4.98 Å². The molecule has 0 radical (unpaired) electrons. The molecule has 2 aromatic heterocycles. The summed E-state index contributed by atoms with van der Waals surface area (Å²) in [7, 11) is -3.69. The Morgan fingerprint density at radius 3 is 2.64 bits per heavy atom. The van der Waals surface area contributed by atoms with E-state index in [9.17, 15) is 8.42 Å². The van der Waals surface area contributed by atoms with E-state index in [-0.39, 0.29) is 11.4 Å². The van der Waals surface area contributed by atoms with Crippen LogP contribution in [0.4, 0.5) is 0 Å². The van der Waals surface area contributed by atoms with Crippen molar-refractivity contribution in [3.05, 3.63) is 66.6 Å². The van der Waals surface area contributed by atoms with Crippen molar-refractivity contribution >= 4 is 10.0 Å². The smallest absolute Gasteiger partial charge is 0.244 e. The molecule has 7 heteroatoms. The minimum Gasteiger partial charge on any atom is -0.492 e. The minimum absolute atomic E-state index is 0.122. The molecule has 0 saturated heterocycles. The normalized spacial score (nSPS) is 11.4. The minimum atomic E-state index is -3.69. The van der Waals surface area contributed by atoms with E-state index in [4.69, 9.17) is 9.15 Å². The van der Waals surface area contributed by atoms with Crippen molar-refractivity contribution in [1.29, 1.82) is 0 Å². The van der Waals surface area contributed by atoms with Crippen LogP contribution in [0.5, 0.6) is 5.75 Å². The predicted molar refractivity (Wildman–Crippen MR) is 93.6 cm³/mol. The molecule has 0 spiro atoms. The van der Waals surface area contributed by atoms with E-state index in [0.29, 0.717) is 23.8 Å². The molecule has 0 aliphatic heterocycles. The highest BCUT2D eigenvalue weighted by Gasteiger charge is 2.18. The van der Waals surface area contributed by atoms with Crippen LogP contribution in [0.25, 0.3) is 11.5 Å². The third kappa shape index (κ3) is 4.07. The van der Waals surface area contributed by atoms with Crippen LogP contribution in [-0.2, 0) is 16.6 Å². The zero-order valence-electron chi connectivity index (χ0n) is 13.7. The molecule has 0 unspecified atom stereocenters. The van der Waals surface area contributed by atoms with Crippen LogP contribution in [0.2, 0.25) is 0 Å². The Bertz CT molecular complexity index is 920. The molecule has 0 aliphatic rings. The molecule has 2 heterocycles. The molecular formula is C18H18N2O4S. The number of benzene rings is 1. The van der Waals surface area contributed by atoms with Gasteiger partial charge in [0.25, 0.3) is 0 Å². The van der Waals surface area contributed by atoms with E-state index in [0.717, 1.165) is 5.56 Å². The number of nitrogens with one attached hydrogen (secondary N) is 1. The fourth-order valence-electron chi connectivity index (χ4n) is 2.30. The zero-order valence-corrected chi connectivity index (χ0v) is 14.5. The largest absolute Gasteiger partial charge is 0.492 e. The number of aromatic nitrogens is 1. The van der Waals surface area contributed by atoms with Gasteiger partial charge in [0.1, 0.15) is 16.3 Å². The average molecular weight is 358 g/mol. The molecule has 0 saturated carbocycles. The molecule has 0 fully saturated rings. The molecule has 130 valence electrons. The second-order valence-corrected chi connectivity index (χ2v) is 6.97. The van der Waals surface area contributed by atoms with E-state index in [1.54, 1.807) is 42.8 Å². The third-order valence-corrected chi connectivity index (χ3v) is 4.94. The lowest BCUT2D eigenvalue weighted by atomic mass is 10.2. The van der Waals surface area contributed by atoms with Crippen LogP contribution < -0.4 is 9.46 Å². The number of pyridine rings is 1. The molecule has 0 bridgehead atoms. The zero-order chi connectivity index (χ0) is 17.7. The first-order valence-corrected chi connectivity index (χ1v) is 9.29. The van der Waals surface area contributed by atoms with Crippen molar-refractivity contribution in [2.45, 2.75) is 18.4 Å². The van der Waals surface area contributed by atoms with E-state index in [1.807, 2.05) is 19.1 Å². The predicted octanol–water partition coefficient (Wildman–Crippen LogP) is 3.22. The SMILES string of the molecule is CCOc1ccccc1S(=O)(=O)NCc1ccc(-c2ccco2)nc1. The van der Waals surface area contributed by atoms with Gasteiger partial charge < -0.3 is 9.15 Å². The van der Waals surface area contributed by atoms with Gasteiger partial charge in [0.15, 0.2) is 5.76 Å². The van der Waals surface area contributed by atoms with Crippen LogP contribution in [0.3, 0.4) is 0 Å². The standard InChI is InChI=1S/C18H18N2O4S/c1-2-23-17-6-3-4-8-18(17)25(21,22)20-13-14-9-10-15(19-12-14)16-7-5-11-24-16/h3-12,20H,2,13H2,1H3. The molecule has 1 aromatic carbocycles. The van der Waals surface area contributed by atoms with Gasteiger partial charge in [-0.25, -0.2) is 13.1 Å². The molecule has 0 amide bonds. The maximum atomic E-state index is 12.5. The third-order valence-electron chi connectivity index (χ3n) is 3.50. The van der Waals surface area contributed by atoms with Crippen LogP contribution in [0.1, 0.15) is 12.5 Å². The number of furan rings is 1. The summed E-state index contributed by atoms with van der Waals surface area (Å²) in [5.74, 6) is 1.00. The molecule has 6 nitrogen and oxygen atoms in total. The molecular weight excluding hydrogens is 340 g/mol. The van der Waals surface area contributed by atoms with Crippen molar-refractivity contribution in [2.24, 2.45) is 0 Å². The van der Waals surface area contributed by atoms with E-state index < -0.39 is 10.0 Å². The molecule has 1 N–H and O–H groups in total. The molecule has 3 aromatic rings. The fourth-order valence-corrected chi connectivity index (χ4v) is 3.46. The quantitative estimate of drug-likeness (QED) is 0.701. The van der Waals surface area contributed by atoms with E-state index in [2.05, 4.69) is 9.71 Å². The number of nitrogens with zero attached hydrogens (tertiary/aromatic N) is 1. The Morgan fingerprint density at radius 1 is 1.12 bits per heavy atom. The van der Waals surface area contributed by atoms with Crippen molar-refractivity contribution in [1.82, 2.24) is 9.71 Å². The summed E-state index contributed by atoms with van der Waals surface area (Å²) in [6.07, 6.45) is 3.20. The molecule has 0 atom stereocenters. The summed E-state index contributed by atoms with van der Waals surface area (Å²) in [4.78, 5) is 4.41. The van der Waals surface area contributed by atoms with Gasteiger partial charge in [0.2, 0.25) is 10.0 Å². The summed E-state index contributed by atoms with van der Waals surface area (Å²) in [5.41, 5.74) is 1.44. The van der Waals surface area contributed by atoms with E-state index in [1.165, 1.54) is 6.07 Å². The first kappa shape index (κ1) is 17.2. The van der Waals surface area contributed by atoms with Gasteiger partial charge in [-0.15, -0.1) is 0 Å². The van der Waals surface area contributed by atoms with Crippen LogP contribution in [0.15, 0.2) is 70.3 Å². The van der Waals surface area contributed by atoms with Gasteiger partial charge in [0.05, 0.1) is 12.9 Å². The van der Waals surface area contributed by atoms with Crippen molar-refractivity contribution < 1.29 is 17.6 Å². The van der Waals surface area contributed by atoms with Gasteiger partial charge in [-0.05, 0) is 42.8 Å². The Morgan fingerprint density at radius 2 is 1.96 bits per heavy atom. The Hall–Kier alpha value is -2.64. The van der Waals surface area contributed by atoms with Crippen molar-refractivity contribution in [2.75, 3.05) is 6.61 Å². The maximum Gasteiger partial charge on any atom is 0.244 e. The van der Waals surface area contributed by atoms with Gasteiger partial charge in [-0.1, -0.05) is 18.2 Å². The first-order chi connectivity index (χ1) is 12.1. The topological polar surface area (TPSA) is 81.4 Å². The number of hydrogen-bond donors (Lipinski definition) is 1. The lowest BCUT2D eigenvalue weighted by Crippen LogP contribution is -2.24. The van der Waals surface area contributed by atoms with Crippen LogP contribution in [0, 0.1) is 0 Å². The Balaban J connectivity index is 1.72. The van der Waals surface area contributed by atoms with Crippen molar-refractivity contribution in [3.63, 3.8) is 0 Å².